The smallest absolute Gasteiger partial charge is 0.268 e. The second-order valence-electron chi connectivity index (χ2n) is 6.80. The number of aryl methyl sites for hydroxylation is 1. The first kappa shape index (κ1) is 24.2. The Morgan fingerprint density at radius 2 is 1.62 bits per heavy atom. The highest BCUT2D eigenvalue weighted by Crippen LogP contribution is 2.33. The van der Waals surface area contributed by atoms with Crippen molar-refractivity contribution in [1.82, 2.24) is 0 Å². The molecule has 0 bridgehead atoms. The van der Waals surface area contributed by atoms with E-state index in [2.05, 4.69) is 5.32 Å². The van der Waals surface area contributed by atoms with E-state index in [-0.39, 0.29) is 31.4 Å². The number of hydrogen-bond acceptors (Lipinski definition) is 4. The summed E-state index contributed by atoms with van der Waals surface area (Å²) < 4.78 is 33.5. The number of rotatable bonds is 7. The lowest BCUT2D eigenvalue weighted by Gasteiger charge is -2.25. The molecule has 0 saturated heterocycles. The van der Waals surface area contributed by atoms with Crippen molar-refractivity contribution in [2.75, 3.05) is 23.3 Å². The number of para-hydroxylation sites is 1. The first-order chi connectivity index (χ1) is 15.1. The van der Waals surface area contributed by atoms with Crippen LogP contribution in [0, 0.1) is 6.92 Å². The van der Waals surface area contributed by atoms with E-state index >= 15 is 0 Å². The Kier molecular flexibility index (Phi) is 7.56. The van der Waals surface area contributed by atoms with Crippen LogP contribution in [0.2, 0.25) is 15.1 Å². The molecule has 10 heteroatoms. The molecule has 1 N–H and O–H groups in total. The van der Waals surface area contributed by atoms with Gasteiger partial charge in [0.15, 0.2) is 0 Å². The maximum atomic E-state index is 13.6. The van der Waals surface area contributed by atoms with Crippen LogP contribution in [0.4, 0.5) is 11.4 Å². The molecule has 3 aromatic carbocycles. The number of sulfonamides is 1. The van der Waals surface area contributed by atoms with Gasteiger partial charge in [0.2, 0.25) is 5.91 Å². The summed E-state index contributed by atoms with van der Waals surface area (Å²) in [6.07, 6.45) is 0. The SMILES string of the molecule is COc1ccc(C)cc1S(=O)(=O)N(CC(=O)Nc1cc(Cl)c(Cl)cc1Cl)c1ccccc1. The van der Waals surface area contributed by atoms with E-state index in [0.717, 1.165) is 9.87 Å². The van der Waals surface area contributed by atoms with Crippen LogP contribution in [0.15, 0.2) is 65.6 Å². The largest absolute Gasteiger partial charge is 0.495 e. The van der Waals surface area contributed by atoms with E-state index in [9.17, 15) is 13.2 Å². The summed E-state index contributed by atoms with van der Waals surface area (Å²) in [6, 6.07) is 15.9. The van der Waals surface area contributed by atoms with E-state index < -0.39 is 22.5 Å². The van der Waals surface area contributed by atoms with Crippen molar-refractivity contribution >= 4 is 62.1 Å². The molecule has 0 fully saturated rings. The average Bonchev–Trinajstić information content (AvgIpc) is 2.76. The molecule has 0 saturated carbocycles. The summed E-state index contributed by atoms with van der Waals surface area (Å²) >= 11 is 18.1. The average molecular weight is 514 g/mol. The van der Waals surface area contributed by atoms with Crippen LogP contribution in [0.1, 0.15) is 5.56 Å². The fraction of sp³-hybridized carbons (Fsp3) is 0.136. The third-order valence-electron chi connectivity index (χ3n) is 4.50. The van der Waals surface area contributed by atoms with E-state index in [4.69, 9.17) is 39.5 Å². The Bertz CT molecular complexity index is 1250. The monoisotopic (exact) mass is 512 g/mol. The van der Waals surface area contributed by atoms with Crippen LogP contribution in [0.25, 0.3) is 0 Å². The second-order valence-corrected chi connectivity index (χ2v) is 9.85. The number of carbonyl (C=O) groups is 1. The van der Waals surface area contributed by atoms with Crippen LogP contribution in [0.3, 0.4) is 0 Å². The quantitative estimate of drug-likeness (QED) is 0.405. The molecule has 32 heavy (non-hydrogen) atoms. The van der Waals surface area contributed by atoms with Crippen molar-refractivity contribution in [3.63, 3.8) is 0 Å². The number of amides is 1. The molecule has 6 nitrogen and oxygen atoms in total. The third-order valence-corrected chi connectivity index (χ3v) is 7.33. The number of anilines is 2. The summed E-state index contributed by atoms with van der Waals surface area (Å²) in [5.74, 6) is -0.450. The zero-order valence-corrected chi connectivity index (χ0v) is 20.2. The van der Waals surface area contributed by atoms with Gasteiger partial charge >= 0.3 is 0 Å². The maximum absolute atomic E-state index is 13.6. The molecule has 0 radical (unpaired) electrons. The molecular weight excluding hydrogens is 495 g/mol. The van der Waals surface area contributed by atoms with Crippen molar-refractivity contribution in [3.8, 4) is 5.75 Å². The standard InChI is InChI=1S/C22H19Cl3N2O4S/c1-14-8-9-20(31-2)21(10-14)32(29,30)27(15-6-4-3-5-7-15)13-22(28)26-19-12-17(24)16(23)11-18(19)25/h3-12H,13H2,1-2H3,(H,26,28). The lowest BCUT2D eigenvalue weighted by molar-refractivity contribution is -0.114. The number of nitrogens with one attached hydrogen (secondary N) is 1. The summed E-state index contributed by atoms with van der Waals surface area (Å²) in [4.78, 5) is 12.8. The fourth-order valence-electron chi connectivity index (χ4n) is 2.95. The highest BCUT2D eigenvalue weighted by atomic mass is 35.5. The van der Waals surface area contributed by atoms with Gasteiger partial charge in [-0.2, -0.15) is 0 Å². The molecule has 1 amide bonds. The van der Waals surface area contributed by atoms with Gasteiger partial charge in [-0.3, -0.25) is 9.10 Å². The molecule has 3 rings (SSSR count). The van der Waals surface area contributed by atoms with Crippen molar-refractivity contribution in [1.29, 1.82) is 0 Å². The molecule has 168 valence electrons. The molecule has 0 heterocycles. The highest BCUT2D eigenvalue weighted by Gasteiger charge is 2.30. The number of carbonyl (C=O) groups excluding carboxylic acids is 1. The molecular formula is C22H19Cl3N2O4S. The van der Waals surface area contributed by atoms with Gasteiger partial charge in [0, 0.05) is 0 Å². The number of ether oxygens (including phenoxy) is 1. The van der Waals surface area contributed by atoms with Crippen molar-refractivity contribution in [2.24, 2.45) is 0 Å². The highest BCUT2D eigenvalue weighted by molar-refractivity contribution is 7.93. The molecule has 0 aliphatic rings. The van der Waals surface area contributed by atoms with Crippen molar-refractivity contribution < 1.29 is 17.9 Å². The van der Waals surface area contributed by atoms with Gasteiger partial charge in [-0.05, 0) is 48.9 Å². The van der Waals surface area contributed by atoms with Gasteiger partial charge in [0.25, 0.3) is 10.0 Å². The summed E-state index contributed by atoms with van der Waals surface area (Å²) in [7, 11) is -2.78. The Morgan fingerprint density at radius 1 is 0.969 bits per heavy atom. The minimum Gasteiger partial charge on any atom is -0.495 e. The van der Waals surface area contributed by atoms with E-state index in [1.807, 2.05) is 0 Å². The Labute approximate surface area is 201 Å². The molecule has 0 aromatic heterocycles. The number of nitrogens with zero attached hydrogens (tertiary/aromatic N) is 1. The van der Waals surface area contributed by atoms with E-state index in [1.54, 1.807) is 49.4 Å². The van der Waals surface area contributed by atoms with Crippen LogP contribution in [-0.4, -0.2) is 28.0 Å². The summed E-state index contributed by atoms with van der Waals surface area (Å²) in [5.41, 5.74) is 1.25. The molecule has 0 aliphatic heterocycles. The Hall–Kier alpha value is -2.45. The maximum Gasteiger partial charge on any atom is 0.268 e. The van der Waals surface area contributed by atoms with E-state index in [0.29, 0.717) is 5.69 Å². The van der Waals surface area contributed by atoms with Gasteiger partial charge in [-0.15, -0.1) is 0 Å². The topological polar surface area (TPSA) is 75.7 Å². The second kappa shape index (κ2) is 10.0. The van der Waals surface area contributed by atoms with Gasteiger partial charge in [-0.25, -0.2) is 8.42 Å². The van der Waals surface area contributed by atoms with Gasteiger partial charge in [0.1, 0.15) is 17.2 Å². The Morgan fingerprint density at radius 3 is 2.28 bits per heavy atom. The lowest BCUT2D eigenvalue weighted by atomic mass is 10.2. The molecule has 3 aromatic rings. The Balaban J connectivity index is 2.00. The third kappa shape index (κ3) is 5.30. The number of hydrogen-bond donors (Lipinski definition) is 1. The number of benzene rings is 3. The summed E-state index contributed by atoms with van der Waals surface area (Å²) in [5, 5.41) is 3.19. The molecule has 0 spiro atoms. The molecule has 0 unspecified atom stereocenters. The van der Waals surface area contributed by atoms with Gasteiger partial charge in [-0.1, -0.05) is 59.1 Å². The number of methoxy groups -OCH3 is 1. The van der Waals surface area contributed by atoms with Crippen LogP contribution in [-0.2, 0) is 14.8 Å². The molecule has 0 atom stereocenters. The van der Waals surface area contributed by atoms with Crippen LogP contribution < -0.4 is 14.4 Å². The lowest BCUT2D eigenvalue weighted by Crippen LogP contribution is -2.38. The first-order valence-corrected chi connectivity index (χ1v) is 11.9. The van der Waals surface area contributed by atoms with Crippen molar-refractivity contribution in [2.45, 2.75) is 11.8 Å². The van der Waals surface area contributed by atoms with Gasteiger partial charge < -0.3 is 10.1 Å². The van der Waals surface area contributed by atoms with Crippen LogP contribution in [0.5, 0.6) is 5.75 Å². The van der Waals surface area contributed by atoms with Crippen molar-refractivity contribution in [3.05, 3.63) is 81.3 Å². The normalized spacial score (nSPS) is 11.2. The fourth-order valence-corrected chi connectivity index (χ4v) is 5.21. The zero-order chi connectivity index (χ0) is 23.5. The minimum atomic E-state index is -4.16. The first-order valence-electron chi connectivity index (χ1n) is 9.30. The summed E-state index contributed by atoms with van der Waals surface area (Å²) in [6.45, 7) is 1.25. The van der Waals surface area contributed by atoms with E-state index in [1.165, 1.54) is 25.3 Å². The predicted molar refractivity (Wildman–Crippen MR) is 129 cm³/mol. The zero-order valence-electron chi connectivity index (χ0n) is 17.1. The number of halogens is 3. The predicted octanol–water partition coefficient (Wildman–Crippen LogP) is 5.80. The molecule has 0 aliphatic carbocycles. The van der Waals surface area contributed by atoms with Crippen LogP contribution >= 0.6 is 34.8 Å². The van der Waals surface area contributed by atoms with Gasteiger partial charge in [0.05, 0.1) is 33.6 Å². The minimum absolute atomic E-state index is 0.0516.